The summed E-state index contributed by atoms with van der Waals surface area (Å²) in [5.41, 5.74) is 0.0515. The highest BCUT2D eigenvalue weighted by Gasteiger charge is 2.14. The first kappa shape index (κ1) is 8.34. The Hall–Kier alpha value is -1.76. The molecule has 1 rings (SSSR count). The molecule has 3 nitrogen and oxygen atoms in total. The third-order valence-electron chi connectivity index (χ3n) is 1.53. The lowest BCUT2D eigenvalue weighted by Crippen LogP contribution is -1.89. The zero-order valence-corrected chi connectivity index (χ0v) is 6.30. The average Bonchev–Trinajstić information content (AvgIpc) is 2.01. The number of benzene rings is 1. The molecule has 62 valence electrons. The van der Waals surface area contributed by atoms with E-state index in [1.165, 1.54) is 6.92 Å². The van der Waals surface area contributed by atoms with E-state index in [-0.39, 0.29) is 5.56 Å². The summed E-state index contributed by atoms with van der Waals surface area (Å²) in [7, 11) is 0. The van der Waals surface area contributed by atoms with E-state index in [0.29, 0.717) is 5.56 Å². The molecule has 1 aromatic rings. The maximum absolute atomic E-state index is 12.9. The molecule has 0 saturated heterocycles. The Balaban J connectivity index is 3.54. The number of phenolic OH excluding ortho intramolecular Hbond substituents is 2. The van der Waals surface area contributed by atoms with E-state index in [2.05, 4.69) is 0 Å². The Kier molecular flexibility index (Phi) is 1.88. The third kappa shape index (κ3) is 1.05. The van der Waals surface area contributed by atoms with E-state index in [9.17, 15) is 4.39 Å². The second-order valence-electron chi connectivity index (χ2n) is 2.36. The van der Waals surface area contributed by atoms with Gasteiger partial charge in [0.2, 0.25) is 0 Å². The van der Waals surface area contributed by atoms with Crippen LogP contribution < -0.4 is 0 Å². The molecule has 0 aromatic heterocycles. The largest absolute Gasteiger partial charge is 0.504 e. The minimum atomic E-state index is -1.07. The fourth-order valence-electron chi connectivity index (χ4n) is 0.887. The number of phenols is 2. The van der Waals surface area contributed by atoms with Crippen LogP contribution in [-0.2, 0) is 0 Å². The Morgan fingerprint density at radius 1 is 1.50 bits per heavy atom. The van der Waals surface area contributed by atoms with E-state index >= 15 is 0 Å². The molecule has 0 heterocycles. The van der Waals surface area contributed by atoms with Gasteiger partial charge in [-0.3, -0.25) is 0 Å². The van der Waals surface area contributed by atoms with Crippen molar-refractivity contribution in [2.24, 2.45) is 0 Å². The number of hydrogen-bond acceptors (Lipinski definition) is 3. The summed E-state index contributed by atoms with van der Waals surface area (Å²) >= 11 is 0. The van der Waals surface area contributed by atoms with E-state index in [0.717, 1.165) is 6.07 Å². The van der Waals surface area contributed by atoms with Crippen LogP contribution in [0.1, 0.15) is 11.1 Å². The molecule has 0 amide bonds. The van der Waals surface area contributed by atoms with Crippen molar-refractivity contribution in [1.29, 1.82) is 5.26 Å². The van der Waals surface area contributed by atoms with Crippen molar-refractivity contribution in [3.05, 3.63) is 23.0 Å². The van der Waals surface area contributed by atoms with Crippen LogP contribution in [0.5, 0.6) is 11.5 Å². The summed E-state index contributed by atoms with van der Waals surface area (Å²) < 4.78 is 12.9. The second kappa shape index (κ2) is 2.70. The number of halogens is 1. The van der Waals surface area contributed by atoms with Gasteiger partial charge >= 0.3 is 0 Å². The molecule has 0 fully saturated rings. The molecular formula is C8H6FNO2. The van der Waals surface area contributed by atoms with Crippen molar-refractivity contribution in [2.75, 3.05) is 0 Å². The predicted octanol–water partition coefficient (Wildman–Crippen LogP) is 1.42. The molecule has 0 aliphatic rings. The van der Waals surface area contributed by atoms with Crippen LogP contribution in [-0.4, -0.2) is 10.2 Å². The molecule has 12 heavy (non-hydrogen) atoms. The van der Waals surface area contributed by atoms with Crippen molar-refractivity contribution in [3.63, 3.8) is 0 Å². The highest BCUT2D eigenvalue weighted by molar-refractivity contribution is 5.51. The summed E-state index contributed by atoms with van der Waals surface area (Å²) in [4.78, 5) is 0. The van der Waals surface area contributed by atoms with Crippen molar-refractivity contribution in [2.45, 2.75) is 6.92 Å². The van der Waals surface area contributed by atoms with E-state index in [4.69, 9.17) is 15.5 Å². The van der Waals surface area contributed by atoms with Crippen LogP contribution in [0.4, 0.5) is 4.39 Å². The van der Waals surface area contributed by atoms with Crippen molar-refractivity contribution < 1.29 is 14.6 Å². The summed E-state index contributed by atoms with van der Waals surface area (Å²) in [6, 6.07) is 2.72. The molecule has 0 aliphatic heterocycles. The molecule has 2 N–H and O–H groups in total. The maximum atomic E-state index is 12.9. The minimum Gasteiger partial charge on any atom is -0.504 e. The van der Waals surface area contributed by atoms with Gasteiger partial charge in [0.15, 0.2) is 17.3 Å². The standard InChI is InChI=1S/C8H6FNO2/c1-4-2-6(11)8(12)7(9)5(4)3-10/h2,11-12H,1H3. The second-order valence-corrected chi connectivity index (χ2v) is 2.36. The van der Waals surface area contributed by atoms with Crippen LogP contribution in [0.15, 0.2) is 6.07 Å². The Morgan fingerprint density at radius 3 is 2.58 bits per heavy atom. The normalized spacial score (nSPS) is 9.42. The average molecular weight is 167 g/mol. The minimum absolute atomic E-state index is 0.245. The summed E-state index contributed by atoms with van der Waals surface area (Å²) in [6.07, 6.45) is 0. The van der Waals surface area contributed by atoms with Gasteiger partial charge < -0.3 is 10.2 Å². The zero-order chi connectivity index (χ0) is 9.30. The van der Waals surface area contributed by atoms with Crippen LogP contribution in [0, 0.1) is 24.1 Å². The van der Waals surface area contributed by atoms with Gasteiger partial charge in [-0.05, 0) is 18.6 Å². The molecule has 1 aromatic carbocycles. The van der Waals surface area contributed by atoms with E-state index in [1.54, 1.807) is 6.07 Å². The lowest BCUT2D eigenvalue weighted by atomic mass is 10.1. The van der Waals surface area contributed by atoms with Crippen LogP contribution in [0.2, 0.25) is 0 Å². The zero-order valence-electron chi connectivity index (χ0n) is 6.30. The molecule has 0 aliphatic carbocycles. The summed E-state index contributed by atoms with van der Waals surface area (Å²) in [5.74, 6) is -2.50. The van der Waals surface area contributed by atoms with Crippen LogP contribution in [0.3, 0.4) is 0 Å². The fraction of sp³-hybridized carbons (Fsp3) is 0.125. The number of aromatic hydroxyl groups is 2. The Labute approximate surface area is 68.3 Å². The van der Waals surface area contributed by atoms with Crippen molar-refractivity contribution in [3.8, 4) is 17.6 Å². The first-order chi connectivity index (χ1) is 5.57. The molecule has 0 atom stereocenters. The fourth-order valence-corrected chi connectivity index (χ4v) is 0.887. The number of hydrogen-bond donors (Lipinski definition) is 2. The number of nitrogens with zero attached hydrogens (tertiary/aromatic N) is 1. The molecular weight excluding hydrogens is 161 g/mol. The van der Waals surface area contributed by atoms with Crippen molar-refractivity contribution >= 4 is 0 Å². The first-order valence-electron chi connectivity index (χ1n) is 3.19. The highest BCUT2D eigenvalue weighted by Crippen LogP contribution is 2.31. The van der Waals surface area contributed by atoms with Gasteiger partial charge in [-0.25, -0.2) is 4.39 Å². The third-order valence-corrected chi connectivity index (χ3v) is 1.53. The SMILES string of the molecule is Cc1cc(O)c(O)c(F)c1C#N. The van der Waals surface area contributed by atoms with Gasteiger partial charge in [0.1, 0.15) is 6.07 Å². The Bertz CT molecular complexity index is 368. The predicted molar refractivity (Wildman–Crippen MR) is 39.2 cm³/mol. The quantitative estimate of drug-likeness (QED) is 0.574. The van der Waals surface area contributed by atoms with Crippen LogP contribution >= 0.6 is 0 Å². The first-order valence-corrected chi connectivity index (χ1v) is 3.19. The lowest BCUT2D eigenvalue weighted by molar-refractivity contribution is 0.378. The molecule has 0 unspecified atom stereocenters. The molecule has 0 spiro atoms. The van der Waals surface area contributed by atoms with Crippen LogP contribution in [0.25, 0.3) is 0 Å². The monoisotopic (exact) mass is 167 g/mol. The number of rotatable bonds is 0. The Morgan fingerprint density at radius 2 is 2.08 bits per heavy atom. The van der Waals surface area contributed by atoms with Gasteiger partial charge in [-0.2, -0.15) is 5.26 Å². The van der Waals surface area contributed by atoms with E-state index < -0.39 is 17.3 Å². The van der Waals surface area contributed by atoms with Gasteiger partial charge in [-0.15, -0.1) is 0 Å². The summed E-state index contributed by atoms with van der Waals surface area (Å²) in [5, 5.41) is 26.2. The lowest BCUT2D eigenvalue weighted by Gasteiger charge is -2.02. The highest BCUT2D eigenvalue weighted by atomic mass is 19.1. The van der Waals surface area contributed by atoms with Crippen molar-refractivity contribution in [1.82, 2.24) is 0 Å². The molecule has 0 radical (unpaired) electrons. The summed E-state index contributed by atoms with van der Waals surface area (Å²) in [6.45, 7) is 1.47. The molecule has 0 bridgehead atoms. The topological polar surface area (TPSA) is 64.2 Å². The number of nitriles is 1. The van der Waals surface area contributed by atoms with E-state index in [1.807, 2.05) is 0 Å². The van der Waals surface area contributed by atoms with Gasteiger partial charge in [0.25, 0.3) is 0 Å². The smallest absolute Gasteiger partial charge is 0.195 e. The van der Waals surface area contributed by atoms with Gasteiger partial charge in [0, 0.05) is 0 Å². The van der Waals surface area contributed by atoms with Gasteiger partial charge in [-0.1, -0.05) is 0 Å². The molecule has 4 heteroatoms. The number of aryl methyl sites for hydroxylation is 1. The van der Waals surface area contributed by atoms with Gasteiger partial charge in [0.05, 0.1) is 5.56 Å². The molecule has 0 saturated carbocycles. The maximum Gasteiger partial charge on any atom is 0.195 e.